The molecule has 0 spiro atoms. The van der Waals surface area contributed by atoms with Gasteiger partial charge >= 0.3 is 0 Å². The molecule has 6 rings (SSSR count). The number of ether oxygens (including phenoxy) is 1. The SMILES string of the molecule is CC.CCCC.CCc1c2c(c3c(c1-c1ccc(F)c4c1C(C#N)=C(N)CS4)COC3)C=NC(N1CCC(C)C1)P2. The van der Waals surface area contributed by atoms with E-state index in [-0.39, 0.29) is 11.7 Å². The second-order valence-electron chi connectivity index (χ2n) is 10.7. The molecule has 3 atom stereocenters. The molecule has 220 valence electrons. The Morgan fingerprint density at radius 3 is 2.54 bits per heavy atom. The van der Waals surface area contributed by atoms with Gasteiger partial charge < -0.3 is 10.5 Å². The molecule has 0 amide bonds. The van der Waals surface area contributed by atoms with Crippen molar-refractivity contribution in [2.24, 2.45) is 16.6 Å². The summed E-state index contributed by atoms with van der Waals surface area (Å²) in [5.74, 6) is 1.01. The number of hydrogen-bond donors (Lipinski definition) is 1. The molecule has 4 aliphatic rings. The maximum Gasteiger partial charge on any atom is 0.137 e. The van der Waals surface area contributed by atoms with Crippen molar-refractivity contribution in [3.8, 4) is 17.2 Å². The minimum absolute atomic E-state index is 0.175. The van der Waals surface area contributed by atoms with Crippen molar-refractivity contribution in [2.75, 3.05) is 18.8 Å². The van der Waals surface area contributed by atoms with Crippen LogP contribution in [-0.2, 0) is 24.4 Å². The largest absolute Gasteiger partial charge is 0.400 e. The predicted molar refractivity (Wildman–Crippen MR) is 174 cm³/mol. The highest BCUT2D eigenvalue weighted by Crippen LogP contribution is 2.47. The van der Waals surface area contributed by atoms with E-state index in [4.69, 9.17) is 15.5 Å². The molecule has 0 aliphatic carbocycles. The molecule has 0 bridgehead atoms. The Bertz CT molecular complexity index is 1380. The number of thioether (sulfide) groups is 1. The highest BCUT2D eigenvalue weighted by atomic mass is 32.2. The van der Waals surface area contributed by atoms with Crippen molar-refractivity contribution in [3.05, 3.63) is 51.5 Å². The van der Waals surface area contributed by atoms with Gasteiger partial charge in [-0.3, -0.25) is 9.89 Å². The summed E-state index contributed by atoms with van der Waals surface area (Å²) in [5.41, 5.74) is 14.6. The summed E-state index contributed by atoms with van der Waals surface area (Å²) in [5, 5.41) is 11.3. The van der Waals surface area contributed by atoms with Crippen LogP contribution in [0.1, 0.15) is 88.6 Å². The minimum atomic E-state index is -0.296. The normalized spacial score (nSPS) is 21.3. The summed E-state index contributed by atoms with van der Waals surface area (Å²) in [4.78, 5) is 8.03. The Morgan fingerprint density at radius 2 is 1.90 bits per heavy atom. The van der Waals surface area contributed by atoms with E-state index in [1.165, 1.54) is 59.1 Å². The lowest BCUT2D eigenvalue weighted by Gasteiger charge is -2.31. The van der Waals surface area contributed by atoms with Crippen molar-refractivity contribution < 1.29 is 9.13 Å². The van der Waals surface area contributed by atoms with Crippen molar-refractivity contribution in [2.45, 2.75) is 91.2 Å². The lowest BCUT2D eigenvalue weighted by molar-refractivity contribution is 0.134. The molecular weight excluding hydrogens is 550 g/mol. The molecule has 0 aromatic heterocycles. The number of nitrogens with two attached hydrogens (primary N) is 1. The fraction of sp³-hybridized carbons (Fsp3) is 0.515. The van der Waals surface area contributed by atoms with E-state index in [1.807, 2.05) is 19.9 Å². The van der Waals surface area contributed by atoms with Crippen LogP contribution < -0.4 is 11.0 Å². The van der Waals surface area contributed by atoms with E-state index >= 15 is 0 Å². The third-order valence-corrected chi connectivity index (χ3v) is 10.8. The van der Waals surface area contributed by atoms with Crippen molar-refractivity contribution >= 4 is 37.4 Å². The number of halogens is 1. The fourth-order valence-electron chi connectivity index (χ4n) is 5.85. The molecule has 2 aromatic rings. The van der Waals surface area contributed by atoms with Crippen LogP contribution in [0, 0.1) is 23.1 Å². The number of nitriles is 1. The Hall–Kier alpha value is -2.23. The second kappa shape index (κ2) is 14.3. The first-order chi connectivity index (χ1) is 19.9. The van der Waals surface area contributed by atoms with Crippen LogP contribution in [0.4, 0.5) is 4.39 Å². The van der Waals surface area contributed by atoms with Crippen LogP contribution >= 0.6 is 20.3 Å². The van der Waals surface area contributed by atoms with E-state index < -0.39 is 0 Å². The van der Waals surface area contributed by atoms with Crippen LogP contribution in [0.2, 0.25) is 0 Å². The van der Waals surface area contributed by atoms with Gasteiger partial charge in [0.2, 0.25) is 0 Å². The van der Waals surface area contributed by atoms with Gasteiger partial charge in [-0.1, -0.05) is 60.5 Å². The smallest absolute Gasteiger partial charge is 0.137 e. The van der Waals surface area contributed by atoms with Crippen molar-refractivity contribution in [3.63, 3.8) is 0 Å². The predicted octanol–water partition coefficient (Wildman–Crippen LogP) is 7.58. The third kappa shape index (κ3) is 6.13. The van der Waals surface area contributed by atoms with Gasteiger partial charge in [0.15, 0.2) is 0 Å². The minimum Gasteiger partial charge on any atom is -0.400 e. The number of unbranched alkanes of at least 4 members (excludes halogenated alkanes) is 1. The molecule has 5 nitrogen and oxygen atoms in total. The van der Waals surface area contributed by atoms with Crippen LogP contribution in [0.15, 0.2) is 27.7 Å². The number of hydrogen-bond acceptors (Lipinski definition) is 6. The average molecular weight is 595 g/mol. The van der Waals surface area contributed by atoms with Gasteiger partial charge in [0, 0.05) is 41.9 Å². The number of fused-ring (bicyclic) bond motifs is 4. The van der Waals surface area contributed by atoms with Crippen molar-refractivity contribution in [1.82, 2.24) is 4.90 Å². The Labute approximate surface area is 251 Å². The van der Waals surface area contributed by atoms with Gasteiger partial charge in [-0.2, -0.15) is 5.26 Å². The van der Waals surface area contributed by atoms with E-state index in [9.17, 15) is 9.65 Å². The van der Waals surface area contributed by atoms with Gasteiger partial charge in [-0.25, -0.2) is 4.39 Å². The molecule has 2 N–H and O–H groups in total. The van der Waals surface area contributed by atoms with E-state index in [0.717, 1.165) is 36.2 Å². The molecule has 0 radical (unpaired) electrons. The standard InChI is InChI=1S/C27H28FN4OPS.C4H10.C2H6/c1-3-15-23(16-4-5-21(28)26-24(16)17(8-29)22(30)13-35-26)20-12-33-11-19(20)18-9-31-27(34-25(15)18)32-7-6-14(2)10-32;1-3-4-2;1-2/h4-5,9,14,27,34H,3,6-7,10-13,30H2,1-2H3;3-4H2,1-2H3;1-2H3. The van der Waals surface area contributed by atoms with Gasteiger partial charge in [-0.05, 0) is 66.5 Å². The number of likely N-dealkylation sites (tertiary alicyclic amines) is 1. The van der Waals surface area contributed by atoms with E-state index in [0.29, 0.717) is 55.2 Å². The van der Waals surface area contributed by atoms with Gasteiger partial charge in [0.1, 0.15) is 17.8 Å². The summed E-state index contributed by atoms with van der Waals surface area (Å²) in [6.45, 7) is 16.1. The molecule has 2 aromatic carbocycles. The number of nitrogens with zero attached hydrogens (tertiary/aromatic N) is 3. The van der Waals surface area contributed by atoms with E-state index in [1.54, 1.807) is 0 Å². The van der Waals surface area contributed by atoms with Crippen LogP contribution in [0.5, 0.6) is 0 Å². The molecule has 41 heavy (non-hydrogen) atoms. The maximum absolute atomic E-state index is 14.9. The Balaban J connectivity index is 0.000000596. The number of allylic oxidation sites excluding steroid dienone is 1. The third-order valence-electron chi connectivity index (χ3n) is 8.06. The lowest BCUT2D eigenvalue weighted by Crippen LogP contribution is -2.34. The lowest BCUT2D eigenvalue weighted by atomic mass is 9.84. The molecule has 1 saturated heterocycles. The number of benzene rings is 2. The highest BCUT2D eigenvalue weighted by molar-refractivity contribution is 7.99. The molecule has 8 heteroatoms. The van der Waals surface area contributed by atoms with Crippen LogP contribution in [0.25, 0.3) is 16.7 Å². The molecule has 1 fully saturated rings. The van der Waals surface area contributed by atoms with Gasteiger partial charge in [-0.15, -0.1) is 11.8 Å². The zero-order valence-corrected chi connectivity index (χ0v) is 27.2. The Morgan fingerprint density at radius 1 is 1.17 bits per heavy atom. The second-order valence-corrected chi connectivity index (χ2v) is 13.0. The highest BCUT2D eigenvalue weighted by Gasteiger charge is 2.35. The first-order valence-corrected chi connectivity index (χ1v) is 17.2. The fourth-order valence-corrected chi connectivity index (χ4v) is 8.53. The van der Waals surface area contributed by atoms with Gasteiger partial charge in [0.25, 0.3) is 0 Å². The zero-order chi connectivity index (χ0) is 29.7. The molecule has 4 heterocycles. The van der Waals surface area contributed by atoms with Crippen LogP contribution in [-0.4, -0.2) is 35.9 Å². The summed E-state index contributed by atoms with van der Waals surface area (Å²) in [6.07, 6.45) is 6.77. The summed E-state index contributed by atoms with van der Waals surface area (Å²) < 4.78 is 20.9. The summed E-state index contributed by atoms with van der Waals surface area (Å²) >= 11 is 1.38. The Kier molecular flexibility index (Phi) is 11.1. The monoisotopic (exact) mass is 594 g/mol. The summed E-state index contributed by atoms with van der Waals surface area (Å²) in [6, 6.07) is 5.66. The topological polar surface area (TPSA) is 74.6 Å². The molecular formula is C33H44FN4OPS. The molecule has 0 saturated carbocycles. The van der Waals surface area contributed by atoms with Crippen LogP contribution in [0.3, 0.4) is 0 Å². The van der Waals surface area contributed by atoms with Gasteiger partial charge in [0.05, 0.1) is 23.7 Å². The summed E-state index contributed by atoms with van der Waals surface area (Å²) in [7, 11) is 0.545. The quantitative estimate of drug-likeness (QED) is 0.370. The van der Waals surface area contributed by atoms with Crippen molar-refractivity contribution in [1.29, 1.82) is 5.26 Å². The molecule has 3 unspecified atom stereocenters. The average Bonchev–Trinajstić information content (AvgIpc) is 3.67. The first kappa shape index (κ1) is 31.7. The number of aliphatic imine (C=N–C) groups is 1. The molecule has 4 aliphatic heterocycles. The zero-order valence-electron chi connectivity index (χ0n) is 25.4. The van der Waals surface area contributed by atoms with E-state index in [2.05, 4.69) is 44.9 Å². The number of rotatable bonds is 4. The first-order valence-electron chi connectivity index (χ1n) is 15.1. The maximum atomic E-state index is 14.9.